The van der Waals surface area contributed by atoms with E-state index in [1.807, 2.05) is 55.5 Å². The first-order valence-electron chi connectivity index (χ1n) is 10.3. The van der Waals surface area contributed by atoms with E-state index >= 15 is 0 Å². The summed E-state index contributed by atoms with van der Waals surface area (Å²) >= 11 is 3.48. The maximum absolute atomic E-state index is 13.6. The lowest BCUT2D eigenvalue weighted by Crippen LogP contribution is -2.37. The summed E-state index contributed by atoms with van der Waals surface area (Å²) in [5.74, 6) is 0.585. The summed E-state index contributed by atoms with van der Waals surface area (Å²) < 4.78 is 13.9. The molecule has 0 N–H and O–H groups in total. The fraction of sp³-hybridized carbons (Fsp3) is 0.348. The number of aromatic nitrogens is 3. The number of benzene rings is 2. The zero-order chi connectivity index (χ0) is 21.8. The van der Waals surface area contributed by atoms with E-state index < -0.39 is 0 Å². The van der Waals surface area contributed by atoms with Crippen molar-refractivity contribution in [2.45, 2.75) is 32.4 Å². The Labute approximate surface area is 190 Å². The van der Waals surface area contributed by atoms with E-state index in [1.165, 1.54) is 0 Å². The van der Waals surface area contributed by atoms with Gasteiger partial charge in [0, 0.05) is 29.7 Å². The van der Waals surface area contributed by atoms with Gasteiger partial charge in [-0.1, -0.05) is 45.4 Å². The van der Waals surface area contributed by atoms with Crippen molar-refractivity contribution in [2.75, 3.05) is 20.3 Å². The Morgan fingerprint density at radius 1 is 1.29 bits per heavy atom. The fourth-order valence-electron chi connectivity index (χ4n) is 3.82. The number of methoxy groups -OCH3 is 1. The molecular weight excluding hydrogens is 460 g/mol. The first-order valence-corrected chi connectivity index (χ1v) is 11.1. The van der Waals surface area contributed by atoms with E-state index in [4.69, 9.17) is 9.47 Å². The van der Waals surface area contributed by atoms with Gasteiger partial charge in [0.25, 0.3) is 5.91 Å². The van der Waals surface area contributed by atoms with E-state index in [0.29, 0.717) is 24.5 Å². The second-order valence-electron chi connectivity index (χ2n) is 7.55. The lowest BCUT2D eigenvalue weighted by molar-refractivity contribution is 0.0500. The van der Waals surface area contributed by atoms with Crippen molar-refractivity contribution in [2.24, 2.45) is 0 Å². The molecule has 1 amide bonds. The van der Waals surface area contributed by atoms with Crippen LogP contribution in [0.5, 0.6) is 5.75 Å². The molecule has 0 aliphatic carbocycles. The van der Waals surface area contributed by atoms with Crippen LogP contribution in [-0.2, 0) is 11.3 Å². The quantitative estimate of drug-likeness (QED) is 0.503. The van der Waals surface area contributed by atoms with Crippen LogP contribution < -0.4 is 4.74 Å². The van der Waals surface area contributed by atoms with Gasteiger partial charge < -0.3 is 14.4 Å². The highest BCUT2D eigenvalue weighted by atomic mass is 79.9. The molecule has 3 aromatic rings. The monoisotopic (exact) mass is 484 g/mol. The molecule has 1 unspecified atom stereocenters. The number of hydrogen-bond donors (Lipinski definition) is 0. The van der Waals surface area contributed by atoms with Crippen molar-refractivity contribution in [1.29, 1.82) is 0 Å². The standard InChI is InChI=1S/C23H25BrN4O3/c1-16-22(25-26-28(16)19-9-5-8-18(24)13-19)23(29)27(15-20-10-6-12-31-20)14-17-7-3-4-11-21(17)30-2/h3-5,7-9,11,13,20H,6,10,12,14-15H2,1-2H3. The van der Waals surface area contributed by atoms with E-state index in [2.05, 4.69) is 26.2 Å². The van der Waals surface area contributed by atoms with Crippen LogP contribution in [0.15, 0.2) is 53.0 Å². The minimum atomic E-state index is -0.167. The highest BCUT2D eigenvalue weighted by Crippen LogP contribution is 2.24. The average molecular weight is 485 g/mol. The van der Waals surface area contributed by atoms with Gasteiger partial charge in [0.05, 0.1) is 24.6 Å². The lowest BCUT2D eigenvalue weighted by atomic mass is 10.1. The Hall–Kier alpha value is -2.71. The molecule has 0 saturated carbocycles. The van der Waals surface area contributed by atoms with E-state index in [1.54, 1.807) is 16.7 Å². The summed E-state index contributed by atoms with van der Waals surface area (Å²) in [5, 5.41) is 8.48. The third-order valence-electron chi connectivity index (χ3n) is 5.44. The average Bonchev–Trinajstić information content (AvgIpc) is 3.42. The Morgan fingerprint density at radius 2 is 2.13 bits per heavy atom. The van der Waals surface area contributed by atoms with Crippen molar-refractivity contribution in [1.82, 2.24) is 19.9 Å². The zero-order valence-electron chi connectivity index (χ0n) is 17.6. The minimum Gasteiger partial charge on any atom is -0.496 e. The number of rotatable bonds is 7. The first-order chi connectivity index (χ1) is 15.1. The highest BCUT2D eigenvalue weighted by Gasteiger charge is 2.28. The Kier molecular flexibility index (Phi) is 6.67. The highest BCUT2D eigenvalue weighted by molar-refractivity contribution is 9.10. The molecule has 2 heterocycles. The van der Waals surface area contributed by atoms with Crippen LogP contribution in [0.2, 0.25) is 0 Å². The van der Waals surface area contributed by atoms with E-state index in [9.17, 15) is 4.79 Å². The Morgan fingerprint density at radius 3 is 2.87 bits per heavy atom. The van der Waals surface area contributed by atoms with E-state index in [0.717, 1.165) is 40.9 Å². The molecule has 0 spiro atoms. The fourth-order valence-corrected chi connectivity index (χ4v) is 4.21. The molecule has 1 aliphatic rings. The summed E-state index contributed by atoms with van der Waals surface area (Å²) in [4.78, 5) is 15.4. The molecule has 4 rings (SSSR count). The van der Waals surface area contributed by atoms with Crippen molar-refractivity contribution < 1.29 is 14.3 Å². The van der Waals surface area contributed by atoms with Crippen molar-refractivity contribution in [3.63, 3.8) is 0 Å². The van der Waals surface area contributed by atoms with Gasteiger partial charge in [-0.2, -0.15) is 0 Å². The summed E-state index contributed by atoms with van der Waals surface area (Å²) in [5.41, 5.74) is 2.82. The van der Waals surface area contributed by atoms with Gasteiger partial charge in [-0.3, -0.25) is 4.79 Å². The molecule has 8 heteroatoms. The second kappa shape index (κ2) is 9.62. The SMILES string of the molecule is COc1ccccc1CN(CC1CCCO1)C(=O)c1nnn(-c2cccc(Br)c2)c1C. The first kappa shape index (κ1) is 21.5. The number of nitrogens with zero attached hydrogens (tertiary/aromatic N) is 4. The van der Waals surface area contributed by atoms with E-state index in [-0.39, 0.29) is 12.0 Å². The molecule has 1 aliphatic heterocycles. The van der Waals surface area contributed by atoms with Gasteiger partial charge in [0.2, 0.25) is 0 Å². The zero-order valence-corrected chi connectivity index (χ0v) is 19.2. The topological polar surface area (TPSA) is 69.5 Å². The third-order valence-corrected chi connectivity index (χ3v) is 5.93. The molecule has 1 fully saturated rings. The molecule has 162 valence electrons. The van der Waals surface area contributed by atoms with Gasteiger partial charge in [0.1, 0.15) is 5.75 Å². The van der Waals surface area contributed by atoms with Crippen LogP contribution in [0.3, 0.4) is 0 Å². The molecule has 7 nitrogen and oxygen atoms in total. The number of carbonyl (C=O) groups excluding carboxylic acids is 1. The molecule has 0 bridgehead atoms. The maximum Gasteiger partial charge on any atom is 0.276 e. The van der Waals surface area contributed by atoms with Gasteiger partial charge in [-0.05, 0) is 44.0 Å². The molecule has 1 atom stereocenters. The summed E-state index contributed by atoms with van der Waals surface area (Å²) in [6.45, 7) is 3.51. The van der Waals surface area contributed by atoms with Gasteiger partial charge in [-0.15, -0.1) is 5.10 Å². The maximum atomic E-state index is 13.6. The summed E-state index contributed by atoms with van der Waals surface area (Å²) in [6.07, 6.45) is 1.98. The largest absolute Gasteiger partial charge is 0.496 e. The number of ether oxygens (including phenoxy) is 2. The molecule has 2 aromatic carbocycles. The van der Waals surface area contributed by atoms with Crippen molar-refractivity contribution in [3.8, 4) is 11.4 Å². The molecule has 0 radical (unpaired) electrons. The van der Waals surface area contributed by atoms with Crippen LogP contribution in [0.4, 0.5) is 0 Å². The Balaban J connectivity index is 1.64. The number of carbonyl (C=O) groups is 1. The molecule has 1 aromatic heterocycles. The number of amides is 1. The third kappa shape index (κ3) is 4.80. The number of para-hydroxylation sites is 1. The van der Waals surface area contributed by atoms with Crippen LogP contribution in [0.1, 0.15) is 34.6 Å². The number of hydrogen-bond acceptors (Lipinski definition) is 5. The molecule has 31 heavy (non-hydrogen) atoms. The van der Waals surface area contributed by atoms with Crippen LogP contribution in [0.25, 0.3) is 5.69 Å². The summed E-state index contributed by atoms with van der Waals surface area (Å²) in [7, 11) is 1.64. The normalized spacial score (nSPS) is 15.8. The lowest BCUT2D eigenvalue weighted by Gasteiger charge is -2.25. The smallest absolute Gasteiger partial charge is 0.276 e. The molecule has 1 saturated heterocycles. The van der Waals surface area contributed by atoms with Gasteiger partial charge in [-0.25, -0.2) is 4.68 Å². The van der Waals surface area contributed by atoms with Gasteiger partial charge >= 0.3 is 0 Å². The molecular formula is C23H25BrN4O3. The van der Waals surface area contributed by atoms with Gasteiger partial charge in [0.15, 0.2) is 5.69 Å². The summed E-state index contributed by atoms with van der Waals surface area (Å²) in [6, 6.07) is 15.5. The van der Waals surface area contributed by atoms with Crippen LogP contribution >= 0.6 is 15.9 Å². The van der Waals surface area contributed by atoms with Crippen molar-refractivity contribution in [3.05, 3.63) is 70.0 Å². The second-order valence-corrected chi connectivity index (χ2v) is 8.46. The predicted octanol–water partition coefficient (Wildman–Crippen LogP) is 4.17. The Bertz CT molecular complexity index is 1060. The van der Waals surface area contributed by atoms with Crippen LogP contribution in [-0.4, -0.2) is 52.2 Å². The van der Waals surface area contributed by atoms with Crippen molar-refractivity contribution >= 4 is 21.8 Å². The predicted molar refractivity (Wildman–Crippen MR) is 121 cm³/mol. The number of halogens is 1. The van der Waals surface area contributed by atoms with Crippen LogP contribution in [0, 0.1) is 6.92 Å². The minimum absolute atomic E-state index is 0.0269.